The van der Waals surface area contributed by atoms with Crippen LogP contribution in [-0.2, 0) is 0 Å². The molecule has 1 unspecified atom stereocenters. The van der Waals surface area contributed by atoms with Crippen LogP contribution < -0.4 is 4.74 Å². The van der Waals surface area contributed by atoms with Crippen molar-refractivity contribution < 1.29 is 4.74 Å². The molecule has 0 spiro atoms. The van der Waals surface area contributed by atoms with Crippen molar-refractivity contribution in [2.45, 2.75) is 47.5 Å². The summed E-state index contributed by atoms with van der Waals surface area (Å²) in [5.41, 5.74) is 3.49. The van der Waals surface area contributed by atoms with Gasteiger partial charge in [0, 0.05) is 0 Å². The first kappa shape index (κ1) is 18.3. The van der Waals surface area contributed by atoms with Crippen molar-refractivity contribution >= 4 is 0 Å². The molecule has 0 saturated carbocycles. The van der Waals surface area contributed by atoms with Crippen molar-refractivity contribution in [3.63, 3.8) is 0 Å². The third kappa shape index (κ3) is 6.34. The highest BCUT2D eigenvalue weighted by Crippen LogP contribution is 2.22. The summed E-state index contributed by atoms with van der Waals surface area (Å²) >= 11 is 0. The second-order valence-electron chi connectivity index (χ2n) is 6.62. The van der Waals surface area contributed by atoms with E-state index in [-0.39, 0.29) is 0 Å². The summed E-state index contributed by atoms with van der Waals surface area (Å²) in [4.78, 5) is 0. The van der Waals surface area contributed by atoms with Gasteiger partial charge in [-0.2, -0.15) is 0 Å². The third-order valence-corrected chi connectivity index (χ3v) is 3.86. The zero-order valence-electron chi connectivity index (χ0n) is 14.8. The molecule has 0 heterocycles. The van der Waals surface area contributed by atoms with Crippen LogP contribution in [0, 0.1) is 25.7 Å². The van der Waals surface area contributed by atoms with Crippen LogP contribution in [0.2, 0.25) is 0 Å². The van der Waals surface area contributed by atoms with E-state index in [4.69, 9.17) is 4.74 Å². The Hall–Kier alpha value is -1.76. The fourth-order valence-electron chi connectivity index (χ4n) is 2.22. The van der Waals surface area contributed by atoms with Crippen molar-refractivity contribution in [3.8, 4) is 5.75 Å². The lowest BCUT2D eigenvalue weighted by Crippen LogP contribution is -2.00. The number of hydrogen-bond acceptors (Lipinski definition) is 1. The normalized spacial score (nSPS) is 12.6. The zero-order chi connectivity index (χ0) is 16.7. The fourth-order valence-corrected chi connectivity index (χ4v) is 2.22. The molecule has 1 heteroatoms. The number of rotatable bonds is 8. The van der Waals surface area contributed by atoms with Crippen LogP contribution in [0.25, 0.3) is 0 Å². The maximum atomic E-state index is 5.81. The SMILES string of the molecule is C=C(/C=C\C(=C)C(C)CCC(C)C)Oc1ccc(C)cc1C. The Morgan fingerprint density at radius 1 is 1.09 bits per heavy atom. The van der Waals surface area contributed by atoms with Gasteiger partial charge in [0.1, 0.15) is 11.5 Å². The molecule has 1 rings (SSSR count). The maximum Gasteiger partial charge on any atom is 0.130 e. The first-order valence-electron chi connectivity index (χ1n) is 8.10. The highest BCUT2D eigenvalue weighted by atomic mass is 16.5. The average molecular weight is 298 g/mol. The molecule has 0 bridgehead atoms. The van der Waals surface area contributed by atoms with Crippen LogP contribution in [0.4, 0.5) is 0 Å². The van der Waals surface area contributed by atoms with Gasteiger partial charge in [0.25, 0.3) is 0 Å². The van der Waals surface area contributed by atoms with E-state index in [1.54, 1.807) is 0 Å². The van der Waals surface area contributed by atoms with Crippen molar-refractivity contribution in [2.75, 3.05) is 0 Å². The maximum absolute atomic E-state index is 5.81. The van der Waals surface area contributed by atoms with Gasteiger partial charge in [0.15, 0.2) is 0 Å². The number of allylic oxidation sites excluding steroid dienone is 3. The predicted octanol–water partition coefficient (Wildman–Crippen LogP) is 6.38. The number of hydrogen-bond donors (Lipinski definition) is 0. The van der Waals surface area contributed by atoms with Crippen LogP contribution in [-0.4, -0.2) is 0 Å². The quantitative estimate of drug-likeness (QED) is 0.399. The Balaban J connectivity index is 2.55. The topological polar surface area (TPSA) is 9.23 Å². The molecule has 0 aliphatic heterocycles. The average Bonchev–Trinajstić information content (AvgIpc) is 2.45. The second-order valence-corrected chi connectivity index (χ2v) is 6.62. The molecule has 0 N–H and O–H groups in total. The Labute approximate surface area is 136 Å². The van der Waals surface area contributed by atoms with E-state index >= 15 is 0 Å². The molecule has 0 saturated heterocycles. The van der Waals surface area contributed by atoms with Crippen LogP contribution in [0.3, 0.4) is 0 Å². The van der Waals surface area contributed by atoms with Gasteiger partial charge < -0.3 is 4.74 Å². The molecule has 1 atom stereocenters. The molecule has 22 heavy (non-hydrogen) atoms. The molecule has 1 aromatic carbocycles. The van der Waals surface area contributed by atoms with E-state index < -0.39 is 0 Å². The molecule has 1 aromatic rings. The summed E-state index contributed by atoms with van der Waals surface area (Å²) in [6.45, 7) is 19.0. The van der Waals surface area contributed by atoms with Gasteiger partial charge in [0.2, 0.25) is 0 Å². The summed E-state index contributed by atoms with van der Waals surface area (Å²) in [5.74, 6) is 2.73. The molecule has 1 nitrogen and oxygen atoms in total. The van der Waals surface area contributed by atoms with Crippen LogP contribution >= 0.6 is 0 Å². The summed E-state index contributed by atoms with van der Waals surface area (Å²) in [6.07, 6.45) is 6.34. The standard InChI is InChI=1S/C21H30O/c1-15(2)8-10-17(4)18(5)11-12-20(7)22-21-13-9-16(3)14-19(21)6/h9,11-15,17H,5,7-8,10H2,1-4,6H3/b12-11-. The highest BCUT2D eigenvalue weighted by molar-refractivity contribution is 5.37. The van der Waals surface area contributed by atoms with E-state index in [1.807, 2.05) is 31.2 Å². The number of aryl methyl sites for hydroxylation is 2. The molecular weight excluding hydrogens is 268 g/mol. The van der Waals surface area contributed by atoms with Gasteiger partial charge in [0.05, 0.1) is 0 Å². The van der Waals surface area contributed by atoms with Gasteiger partial charge in [-0.25, -0.2) is 0 Å². The summed E-state index contributed by atoms with van der Waals surface area (Å²) in [5, 5.41) is 0. The monoisotopic (exact) mass is 298 g/mol. The molecule has 0 aliphatic rings. The van der Waals surface area contributed by atoms with E-state index in [9.17, 15) is 0 Å². The lowest BCUT2D eigenvalue weighted by Gasteiger charge is -2.13. The number of ether oxygens (including phenoxy) is 1. The Morgan fingerprint density at radius 3 is 2.36 bits per heavy atom. The molecule has 0 radical (unpaired) electrons. The van der Waals surface area contributed by atoms with E-state index in [0.717, 1.165) is 22.8 Å². The molecule has 0 amide bonds. The Kier molecular flexibility index (Phi) is 7.17. The van der Waals surface area contributed by atoms with E-state index in [1.165, 1.54) is 18.4 Å². The van der Waals surface area contributed by atoms with E-state index in [2.05, 4.69) is 46.9 Å². The van der Waals surface area contributed by atoms with E-state index in [0.29, 0.717) is 11.7 Å². The van der Waals surface area contributed by atoms with Crippen LogP contribution in [0.15, 0.2) is 54.8 Å². The minimum atomic E-state index is 0.493. The molecular formula is C21H30O. The van der Waals surface area contributed by atoms with Crippen molar-refractivity contribution in [3.05, 3.63) is 66.0 Å². The minimum Gasteiger partial charge on any atom is -0.458 e. The lowest BCUT2D eigenvalue weighted by atomic mass is 9.93. The predicted molar refractivity (Wildman–Crippen MR) is 97.2 cm³/mol. The minimum absolute atomic E-state index is 0.493. The summed E-state index contributed by atoms with van der Waals surface area (Å²) in [6, 6.07) is 6.15. The van der Waals surface area contributed by atoms with Crippen LogP contribution in [0.1, 0.15) is 44.7 Å². The first-order chi connectivity index (χ1) is 10.3. The molecule has 120 valence electrons. The summed E-state index contributed by atoms with van der Waals surface area (Å²) < 4.78 is 5.81. The largest absolute Gasteiger partial charge is 0.458 e. The lowest BCUT2D eigenvalue weighted by molar-refractivity contribution is 0.443. The summed E-state index contributed by atoms with van der Waals surface area (Å²) in [7, 11) is 0. The molecule has 0 fully saturated rings. The smallest absolute Gasteiger partial charge is 0.130 e. The van der Waals surface area contributed by atoms with Gasteiger partial charge >= 0.3 is 0 Å². The zero-order valence-corrected chi connectivity index (χ0v) is 14.8. The van der Waals surface area contributed by atoms with Gasteiger partial charge in [-0.15, -0.1) is 0 Å². The van der Waals surface area contributed by atoms with Crippen LogP contribution in [0.5, 0.6) is 5.75 Å². The van der Waals surface area contributed by atoms with Crippen molar-refractivity contribution in [1.29, 1.82) is 0 Å². The van der Waals surface area contributed by atoms with Gasteiger partial charge in [-0.05, 0) is 49.8 Å². The first-order valence-corrected chi connectivity index (χ1v) is 8.10. The fraction of sp³-hybridized carbons (Fsp3) is 0.429. The van der Waals surface area contributed by atoms with Crippen molar-refractivity contribution in [2.24, 2.45) is 11.8 Å². The van der Waals surface area contributed by atoms with Crippen molar-refractivity contribution in [1.82, 2.24) is 0 Å². The Bertz CT molecular complexity index is 549. The number of benzene rings is 1. The third-order valence-electron chi connectivity index (χ3n) is 3.86. The van der Waals surface area contributed by atoms with Gasteiger partial charge in [-0.1, -0.05) is 69.7 Å². The highest BCUT2D eigenvalue weighted by Gasteiger charge is 2.06. The van der Waals surface area contributed by atoms with Gasteiger partial charge in [-0.3, -0.25) is 0 Å². The Morgan fingerprint density at radius 2 is 1.77 bits per heavy atom. The molecule has 0 aliphatic carbocycles. The molecule has 0 aromatic heterocycles. The second kappa shape index (κ2) is 8.63.